The molecule has 0 aliphatic carbocycles. The van der Waals surface area contributed by atoms with Gasteiger partial charge >= 0.3 is 11.9 Å². The Labute approximate surface area is 238 Å². The van der Waals surface area contributed by atoms with Crippen LogP contribution in [0.25, 0.3) is 0 Å². The Balaban J connectivity index is 1.69. The predicted octanol–water partition coefficient (Wildman–Crippen LogP) is 6.67. The molecule has 40 heavy (non-hydrogen) atoms. The van der Waals surface area contributed by atoms with Gasteiger partial charge in [-0.05, 0) is 112 Å². The van der Waals surface area contributed by atoms with E-state index in [9.17, 15) is 9.59 Å². The van der Waals surface area contributed by atoms with E-state index in [-0.39, 0.29) is 11.9 Å². The molecule has 0 amide bonds. The fourth-order valence-electron chi connectivity index (χ4n) is 3.44. The zero-order valence-corrected chi connectivity index (χ0v) is 23.2. The van der Waals surface area contributed by atoms with Crippen LogP contribution in [0.5, 0.6) is 5.75 Å². The van der Waals surface area contributed by atoms with Crippen molar-refractivity contribution in [2.24, 2.45) is 4.99 Å². The molecule has 2 aromatic carbocycles. The van der Waals surface area contributed by atoms with Crippen molar-refractivity contribution >= 4 is 23.8 Å². The average Bonchev–Trinajstić information content (AvgIpc) is 2.97. The Kier molecular flexibility index (Phi) is 15.4. The van der Waals surface area contributed by atoms with E-state index in [1.54, 1.807) is 0 Å². The van der Waals surface area contributed by atoms with Crippen molar-refractivity contribution in [3.63, 3.8) is 0 Å². The molecule has 0 unspecified atom stereocenters. The highest BCUT2D eigenvalue weighted by Gasteiger charge is 2.01. The van der Waals surface area contributed by atoms with Crippen LogP contribution in [0.4, 0.5) is 5.69 Å². The first-order chi connectivity index (χ1) is 19.5. The zero-order chi connectivity index (χ0) is 28.8. The fourth-order valence-corrected chi connectivity index (χ4v) is 3.44. The van der Waals surface area contributed by atoms with Crippen LogP contribution in [-0.4, -0.2) is 38.0 Å². The molecule has 2 aromatic rings. The van der Waals surface area contributed by atoms with Gasteiger partial charge in [0, 0.05) is 29.5 Å². The smallest absolute Gasteiger partial charge is 0.330 e. The molecule has 0 saturated carbocycles. The number of benzene rings is 2. The van der Waals surface area contributed by atoms with Gasteiger partial charge < -0.3 is 14.2 Å². The van der Waals surface area contributed by atoms with E-state index in [1.165, 1.54) is 12.2 Å². The number of hydrogen-bond donors (Lipinski definition) is 0. The molecule has 6 nitrogen and oxygen atoms in total. The van der Waals surface area contributed by atoms with Gasteiger partial charge in [-0.15, -0.1) is 0 Å². The second-order valence-electron chi connectivity index (χ2n) is 8.84. The van der Waals surface area contributed by atoms with Crippen LogP contribution in [0, 0.1) is 30.6 Å². The Morgan fingerprint density at radius 1 is 0.775 bits per heavy atom. The van der Waals surface area contributed by atoms with Crippen LogP contribution in [0.15, 0.2) is 72.8 Å². The molecule has 0 radical (unpaired) electrons. The van der Waals surface area contributed by atoms with Crippen LogP contribution in [0.1, 0.15) is 61.6 Å². The predicted molar refractivity (Wildman–Crippen MR) is 160 cm³/mol. The minimum Gasteiger partial charge on any atom is -0.493 e. The molecule has 0 N–H and O–H groups in total. The van der Waals surface area contributed by atoms with Crippen LogP contribution in [-0.2, 0) is 19.1 Å². The molecular weight excluding hydrogens is 502 g/mol. The first-order valence-corrected chi connectivity index (χ1v) is 13.5. The second kappa shape index (κ2) is 19.5. The van der Waals surface area contributed by atoms with Gasteiger partial charge in [-0.3, -0.25) is 4.99 Å². The van der Waals surface area contributed by atoms with E-state index in [4.69, 9.17) is 14.2 Å². The number of nitrogens with zero attached hydrogens (tertiary/aromatic N) is 1. The molecule has 0 aromatic heterocycles. The summed E-state index contributed by atoms with van der Waals surface area (Å²) in [6.07, 6.45) is 10.5. The van der Waals surface area contributed by atoms with Crippen molar-refractivity contribution in [2.45, 2.75) is 51.9 Å². The molecular formula is C34H37NO5. The maximum absolute atomic E-state index is 11.0. The third-order valence-corrected chi connectivity index (χ3v) is 5.60. The first-order valence-electron chi connectivity index (χ1n) is 13.5. The summed E-state index contributed by atoms with van der Waals surface area (Å²) in [5.41, 5.74) is 3.65. The summed E-state index contributed by atoms with van der Waals surface area (Å²) >= 11 is 0. The molecule has 0 heterocycles. The Morgan fingerprint density at radius 3 is 1.98 bits per heavy atom. The molecule has 0 aliphatic rings. The maximum Gasteiger partial charge on any atom is 0.330 e. The van der Waals surface area contributed by atoms with Crippen molar-refractivity contribution in [3.8, 4) is 29.4 Å². The SMILES string of the molecule is C=CC(=O)OCCCCCC=Nc1ccc(C#CC#Cc2ccc(OCCCCCOC(=O)C=C)c(C)c2)cc1. The number of unbranched alkanes of at least 4 members (excludes halogenated alkanes) is 5. The van der Waals surface area contributed by atoms with E-state index in [0.717, 1.165) is 73.1 Å². The molecule has 0 saturated heterocycles. The van der Waals surface area contributed by atoms with Gasteiger partial charge in [0.1, 0.15) is 5.75 Å². The van der Waals surface area contributed by atoms with Gasteiger partial charge in [0.15, 0.2) is 0 Å². The summed E-state index contributed by atoms with van der Waals surface area (Å²) in [6, 6.07) is 13.6. The lowest BCUT2D eigenvalue weighted by atomic mass is 10.1. The number of esters is 2. The normalized spacial score (nSPS) is 10.0. The van der Waals surface area contributed by atoms with Crippen LogP contribution >= 0.6 is 0 Å². The molecule has 0 spiro atoms. The van der Waals surface area contributed by atoms with E-state index >= 15 is 0 Å². The summed E-state index contributed by atoms with van der Waals surface area (Å²) in [6.45, 7) is 10.2. The highest BCUT2D eigenvalue weighted by molar-refractivity contribution is 5.81. The zero-order valence-electron chi connectivity index (χ0n) is 23.2. The molecule has 2 rings (SSSR count). The number of carbonyl (C=O) groups is 2. The highest BCUT2D eigenvalue weighted by Crippen LogP contribution is 2.19. The Morgan fingerprint density at radius 2 is 1.35 bits per heavy atom. The number of aryl methyl sites for hydroxylation is 1. The van der Waals surface area contributed by atoms with Crippen molar-refractivity contribution in [1.82, 2.24) is 0 Å². The molecule has 0 bridgehead atoms. The molecule has 0 atom stereocenters. The summed E-state index contributed by atoms with van der Waals surface area (Å²) in [7, 11) is 0. The molecule has 6 heteroatoms. The fraction of sp³-hybridized carbons (Fsp3) is 0.324. The van der Waals surface area contributed by atoms with E-state index in [1.807, 2.05) is 55.6 Å². The lowest BCUT2D eigenvalue weighted by Gasteiger charge is -2.09. The van der Waals surface area contributed by atoms with Gasteiger partial charge in [-0.25, -0.2) is 9.59 Å². The van der Waals surface area contributed by atoms with E-state index < -0.39 is 0 Å². The van der Waals surface area contributed by atoms with Gasteiger partial charge in [0.2, 0.25) is 0 Å². The first kappa shape index (κ1) is 31.7. The molecule has 0 aliphatic heterocycles. The maximum atomic E-state index is 11.0. The minimum absolute atomic E-state index is 0.375. The number of ether oxygens (including phenoxy) is 3. The van der Waals surface area contributed by atoms with Crippen LogP contribution in [0.3, 0.4) is 0 Å². The second-order valence-corrected chi connectivity index (χ2v) is 8.84. The van der Waals surface area contributed by atoms with E-state index in [2.05, 4.69) is 41.8 Å². The standard InChI is InChI=1S/C34H37NO5/c1-4-33(36)39-25-12-7-6-11-23-35-31-20-17-29(18-21-31)15-9-10-16-30-19-22-32(28(3)27-30)38-24-13-8-14-26-40-34(37)5-2/h4-5,17-23,27H,1-2,6-8,11-14,24-26H2,3H3. The van der Waals surface area contributed by atoms with Crippen molar-refractivity contribution < 1.29 is 23.8 Å². The summed E-state index contributed by atoms with van der Waals surface area (Å²) in [5.74, 6) is 12.0. The number of carbonyl (C=O) groups excluding carboxylic acids is 2. The number of rotatable bonds is 16. The molecule has 208 valence electrons. The van der Waals surface area contributed by atoms with Gasteiger partial charge in [-0.1, -0.05) is 25.0 Å². The van der Waals surface area contributed by atoms with Crippen molar-refractivity contribution in [2.75, 3.05) is 19.8 Å². The quantitative estimate of drug-likeness (QED) is 0.0783. The summed E-state index contributed by atoms with van der Waals surface area (Å²) in [5, 5.41) is 0. The summed E-state index contributed by atoms with van der Waals surface area (Å²) in [4.78, 5) is 26.4. The van der Waals surface area contributed by atoms with Crippen LogP contribution < -0.4 is 4.74 Å². The van der Waals surface area contributed by atoms with Crippen molar-refractivity contribution in [1.29, 1.82) is 0 Å². The third-order valence-electron chi connectivity index (χ3n) is 5.60. The highest BCUT2D eigenvalue weighted by atomic mass is 16.5. The Hall–Kier alpha value is -4.55. The van der Waals surface area contributed by atoms with Gasteiger partial charge in [-0.2, -0.15) is 0 Å². The number of aliphatic imine (C=N–C) groups is 1. The lowest BCUT2D eigenvalue weighted by Crippen LogP contribution is -2.03. The van der Waals surface area contributed by atoms with Gasteiger partial charge in [0.25, 0.3) is 0 Å². The van der Waals surface area contributed by atoms with Gasteiger partial charge in [0.05, 0.1) is 25.5 Å². The Bertz CT molecular complexity index is 1270. The third kappa shape index (κ3) is 13.8. The summed E-state index contributed by atoms with van der Waals surface area (Å²) < 4.78 is 15.8. The topological polar surface area (TPSA) is 74.2 Å². The lowest BCUT2D eigenvalue weighted by molar-refractivity contribution is -0.138. The number of hydrogen-bond acceptors (Lipinski definition) is 6. The monoisotopic (exact) mass is 539 g/mol. The van der Waals surface area contributed by atoms with Crippen molar-refractivity contribution in [3.05, 3.63) is 84.5 Å². The average molecular weight is 540 g/mol. The molecule has 0 fully saturated rings. The van der Waals surface area contributed by atoms with Crippen LogP contribution in [0.2, 0.25) is 0 Å². The largest absolute Gasteiger partial charge is 0.493 e. The minimum atomic E-state index is -0.386. The van der Waals surface area contributed by atoms with E-state index in [0.29, 0.717) is 19.8 Å².